The van der Waals surface area contributed by atoms with E-state index in [-0.39, 0.29) is 30.0 Å². The highest BCUT2D eigenvalue weighted by molar-refractivity contribution is 6.00. The number of hydrogen-bond acceptors (Lipinski definition) is 7. The fourth-order valence-electron chi connectivity index (χ4n) is 4.58. The molecule has 35 heavy (non-hydrogen) atoms. The lowest BCUT2D eigenvalue weighted by molar-refractivity contribution is -0.167. The molecule has 0 saturated heterocycles. The molecule has 0 aliphatic carbocycles. The first-order chi connectivity index (χ1) is 16.4. The van der Waals surface area contributed by atoms with Crippen LogP contribution in [-0.4, -0.2) is 47.6 Å². The number of allylic oxidation sites excluding steroid dienone is 1. The van der Waals surface area contributed by atoms with Crippen molar-refractivity contribution in [2.75, 3.05) is 7.11 Å². The molecule has 1 N–H and O–H groups in total. The number of carbonyl (C=O) groups is 3. The lowest BCUT2D eigenvalue weighted by Crippen LogP contribution is -2.44. The largest absolute Gasteiger partial charge is 0.497 e. The van der Waals surface area contributed by atoms with E-state index in [1.165, 1.54) is 26.0 Å². The van der Waals surface area contributed by atoms with Crippen molar-refractivity contribution in [2.45, 2.75) is 78.8 Å². The Hall–Kier alpha value is -2.51. The number of benzene rings is 1. The summed E-state index contributed by atoms with van der Waals surface area (Å²) in [6, 6.07) is 7.47. The highest BCUT2D eigenvalue weighted by atomic mass is 16.6. The smallest absolute Gasteiger partial charge is 0.316 e. The van der Waals surface area contributed by atoms with Crippen LogP contribution in [0, 0.1) is 23.7 Å². The zero-order chi connectivity index (χ0) is 26.3. The Morgan fingerprint density at radius 1 is 1.09 bits per heavy atom. The fraction of sp³-hybridized carbons (Fsp3) is 0.607. The summed E-state index contributed by atoms with van der Waals surface area (Å²) in [6.45, 7) is 10.6. The van der Waals surface area contributed by atoms with Gasteiger partial charge >= 0.3 is 5.97 Å². The zero-order valence-electron chi connectivity index (χ0n) is 21.9. The number of esters is 1. The van der Waals surface area contributed by atoms with Crippen molar-refractivity contribution in [3.63, 3.8) is 0 Å². The number of methoxy groups -OCH3 is 1. The first-order valence-corrected chi connectivity index (χ1v) is 12.3. The van der Waals surface area contributed by atoms with Crippen molar-refractivity contribution in [3.05, 3.63) is 42.0 Å². The highest BCUT2D eigenvalue weighted by Crippen LogP contribution is 2.29. The second-order valence-electron chi connectivity index (χ2n) is 9.95. The Morgan fingerprint density at radius 3 is 2.29 bits per heavy atom. The van der Waals surface area contributed by atoms with Gasteiger partial charge in [-0.3, -0.25) is 14.4 Å². The number of ketones is 2. The van der Waals surface area contributed by atoms with E-state index < -0.39 is 35.6 Å². The third-order valence-electron chi connectivity index (χ3n) is 6.96. The number of Topliss-reactive ketones (excluding diaryl/α,β-unsaturated/α-hetero) is 1. The van der Waals surface area contributed by atoms with Crippen molar-refractivity contribution < 1.29 is 33.7 Å². The van der Waals surface area contributed by atoms with Gasteiger partial charge in [0.05, 0.1) is 19.8 Å². The Balaban J connectivity index is 2.35. The summed E-state index contributed by atoms with van der Waals surface area (Å²) in [6.07, 6.45) is 2.18. The molecular weight excluding hydrogens is 448 g/mol. The lowest BCUT2D eigenvalue weighted by Gasteiger charge is -2.33. The molecule has 7 atom stereocenters. The van der Waals surface area contributed by atoms with E-state index in [1.54, 1.807) is 21.0 Å². The lowest BCUT2D eigenvalue weighted by atomic mass is 9.80. The minimum absolute atomic E-state index is 0.142. The summed E-state index contributed by atoms with van der Waals surface area (Å²) in [5.74, 6) is -2.49. The van der Waals surface area contributed by atoms with Crippen LogP contribution in [0.25, 0.3) is 0 Å². The van der Waals surface area contributed by atoms with Crippen LogP contribution < -0.4 is 4.74 Å². The average Bonchev–Trinajstić information content (AvgIpc) is 2.84. The topological polar surface area (TPSA) is 99.1 Å². The van der Waals surface area contributed by atoms with Gasteiger partial charge in [0.2, 0.25) is 0 Å². The molecular formula is C28H40O7. The normalized spacial score (nSPS) is 34.1. The van der Waals surface area contributed by atoms with Gasteiger partial charge in [0.15, 0.2) is 11.6 Å². The van der Waals surface area contributed by atoms with E-state index in [9.17, 15) is 19.5 Å². The van der Waals surface area contributed by atoms with Gasteiger partial charge in [0, 0.05) is 11.8 Å². The Kier molecular flexibility index (Phi) is 10.2. The molecule has 1 heterocycles. The van der Waals surface area contributed by atoms with Crippen LogP contribution in [-0.2, 0) is 30.5 Å². The van der Waals surface area contributed by atoms with E-state index >= 15 is 0 Å². The molecule has 1 aliphatic heterocycles. The van der Waals surface area contributed by atoms with Crippen molar-refractivity contribution in [1.82, 2.24) is 0 Å². The van der Waals surface area contributed by atoms with E-state index in [4.69, 9.17) is 14.2 Å². The molecule has 7 heteroatoms. The summed E-state index contributed by atoms with van der Waals surface area (Å²) >= 11 is 0. The molecule has 194 valence electrons. The number of aliphatic hydroxyl groups is 1. The Bertz CT molecular complexity index is 902. The van der Waals surface area contributed by atoms with Crippen molar-refractivity contribution in [1.29, 1.82) is 0 Å². The van der Waals surface area contributed by atoms with Crippen molar-refractivity contribution in [2.24, 2.45) is 23.7 Å². The molecule has 0 amide bonds. The predicted octanol–water partition coefficient (Wildman–Crippen LogP) is 4.30. The maximum absolute atomic E-state index is 13.3. The molecule has 1 aliphatic rings. The third kappa shape index (κ3) is 7.48. The summed E-state index contributed by atoms with van der Waals surface area (Å²) in [4.78, 5) is 39.0. The molecule has 0 saturated carbocycles. The van der Waals surface area contributed by atoms with Crippen LogP contribution in [0.2, 0.25) is 0 Å². The standard InChI is InChI=1S/C28H40O7/c1-8-24-28(6,32)14-13-23(29)17(2)15-18(3)26(19(4)25(30)20(5)27(31)35-24)34-16-21-9-11-22(33-7)12-10-21/h9-14,17-20,24,26,32H,8,15-16H2,1-7H3/b14-13+/t17-,18+,19+,20-,24-,26+,28+/m1/s1. The molecule has 2 rings (SSSR count). The van der Waals surface area contributed by atoms with E-state index in [2.05, 4.69) is 0 Å². The van der Waals surface area contributed by atoms with Crippen LogP contribution in [0.1, 0.15) is 59.9 Å². The second kappa shape index (κ2) is 12.5. The molecule has 0 bridgehead atoms. The molecule has 0 spiro atoms. The summed E-state index contributed by atoms with van der Waals surface area (Å²) in [7, 11) is 1.60. The minimum Gasteiger partial charge on any atom is -0.497 e. The van der Waals surface area contributed by atoms with Crippen LogP contribution in [0.4, 0.5) is 0 Å². The zero-order valence-corrected chi connectivity index (χ0v) is 21.9. The number of hydrogen-bond donors (Lipinski definition) is 1. The number of ether oxygens (including phenoxy) is 3. The van der Waals surface area contributed by atoms with Crippen molar-refractivity contribution >= 4 is 17.5 Å². The van der Waals surface area contributed by atoms with E-state index in [0.29, 0.717) is 12.8 Å². The van der Waals surface area contributed by atoms with Gasteiger partial charge in [-0.1, -0.05) is 39.8 Å². The predicted molar refractivity (Wildman–Crippen MR) is 133 cm³/mol. The van der Waals surface area contributed by atoms with E-state index in [0.717, 1.165) is 11.3 Å². The summed E-state index contributed by atoms with van der Waals surface area (Å²) in [5.41, 5.74) is -0.613. The maximum Gasteiger partial charge on any atom is 0.316 e. The first kappa shape index (κ1) is 28.7. The van der Waals surface area contributed by atoms with Gasteiger partial charge in [-0.25, -0.2) is 0 Å². The monoisotopic (exact) mass is 488 g/mol. The van der Waals surface area contributed by atoms with E-state index in [1.807, 2.05) is 38.1 Å². The van der Waals surface area contributed by atoms with Gasteiger partial charge in [0.25, 0.3) is 0 Å². The minimum atomic E-state index is -1.53. The van der Waals surface area contributed by atoms with Crippen LogP contribution in [0.5, 0.6) is 5.75 Å². The molecule has 0 radical (unpaired) electrons. The number of carbonyl (C=O) groups excluding carboxylic acids is 3. The molecule has 0 aromatic heterocycles. The van der Waals surface area contributed by atoms with Crippen LogP contribution in [0.3, 0.4) is 0 Å². The highest BCUT2D eigenvalue weighted by Gasteiger charge is 2.39. The number of cyclic esters (lactones) is 1. The summed E-state index contributed by atoms with van der Waals surface area (Å²) in [5, 5.41) is 10.8. The van der Waals surface area contributed by atoms with Crippen LogP contribution >= 0.6 is 0 Å². The SMILES string of the molecule is CC[C@H]1OC(=O)[C@H](C)C(=O)[C@H](C)[C@@H](OCc2ccc(OC)cc2)[C@@H](C)C[C@@H](C)C(=O)/C=C/[C@]1(C)O. The first-order valence-electron chi connectivity index (χ1n) is 12.3. The van der Waals surface area contributed by atoms with Crippen molar-refractivity contribution in [3.8, 4) is 5.75 Å². The maximum atomic E-state index is 13.3. The molecule has 0 fully saturated rings. The second-order valence-corrected chi connectivity index (χ2v) is 9.95. The van der Waals surface area contributed by atoms with Gasteiger partial charge < -0.3 is 19.3 Å². The molecule has 7 nitrogen and oxygen atoms in total. The van der Waals surface area contributed by atoms with Gasteiger partial charge in [-0.05, 0) is 62.5 Å². The average molecular weight is 489 g/mol. The van der Waals surface area contributed by atoms with Gasteiger partial charge in [-0.15, -0.1) is 0 Å². The Morgan fingerprint density at radius 2 is 1.71 bits per heavy atom. The quantitative estimate of drug-likeness (QED) is 0.487. The third-order valence-corrected chi connectivity index (χ3v) is 6.96. The van der Waals surface area contributed by atoms with Crippen LogP contribution in [0.15, 0.2) is 36.4 Å². The number of rotatable bonds is 5. The Labute approximate surface area is 208 Å². The molecule has 1 aromatic rings. The molecule has 0 unspecified atom stereocenters. The fourth-order valence-corrected chi connectivity index (χ4v) is 4.58. The summed E-state index contributed by atoms with van der Waals surface area (Å²) < 4.78 is 17.0. The molecule has 1 aromatic carbocycles. The van der Waals surface area contributed by atoms with Gasteiger partial charge in [-0.2, -0.15) is 0 Å². The van der Waals surface area contributed by atoms with Gasteiger partial charge in [0.1, 0.15) is 23.4 Å².